The van der Waals surface area contributed by atoms with Crippen molar-refractivity contribution in [1.29, 1.82) is 10.5 Å². The summed E-state index contributed by atoms with van der Waals surface area (Å²) in [5, 5.41) is 28.0. The quantitative estimate of drug-likeness (QED) is 0.0930. The molecule has 2 aliphatic heterocycles. The highest BCUT2D eigenvalue weighted by atomic mass is 35.5. The van der Waals surface area contributed by atoms with Gasteiger partial charge >= 0.3 is 12.4 Å². The van der Waals surface area contributed by atoms with Gasteiger partial charge in [0.1, 0.15) is 40.3 Å². The summed E-state index contributed by atoms with van der Waals surface area (Å²) in [5.41, 5.74) is 1.87. The van der Waals surface area contributed by atoms with Gasteiger partial charge in [0, 0.05) is 35.3 Å². The lowest BCUT2D eigenvalue weighted by atomic mass is 10.1. The molecular formula is C48H41Cl3F6N4O6S2. The molecule has 0 spiro atoms. The molecule has 8 rings (SSSR count). The number of nitriles is 2. The van der Waals surface area contributed by atoms with Crippen molar-refractivity contribution < 1.29 is 55.1 Å². The van der Waals surface area contributed by atoms with E-state index in [2.05, 4.69) is 9.97 Å². The highest BCUT2D eigenvalue weighted by molar-refractivity contribution is 7.15. The van der Waals surface area contributed by atoms with Gasteiger partial charge in [0.05, 0.1) is 67.7 Å². The predicted octanol–water partition coefficient (Wildman–Crippen LogP) is 14.5. The molecule has 0 bridgehead atoms. The van der Waals surface area contributed by atoms with Crippen LogP contribution in [0, 0.1) is 22.7 Å². The van der Waals surface area contributed by atoms with Crippen molar-refractivity contribution in [2.24, 2.45) is 0 Å². The number of phenols is 1. The molecule has 2 fully saturated rings. The van der Waals surface area contributed by atoms with Crippen LogP contribution in [-0.4, -0.2) is 40.9 Å². The average molecular weight is 1050 g/mol. The van der Waals surface area contributed by atoms with Gasteiger partial charge in [-0.1, -0.05) is 47.5 Å². The van der Waals surface area contributed by atoms with Gasteiger partial charge in [-0.3, -0.25) is 0 Å². The Morgan fingerprint density at radius 2 is 1.10 bits per heavy atom. The fourth-order valence-electron chi connectivity index (χ4n) is 6.51. The topological polar surface area (TPSA) is 140 Å². The highest BCUT2D eigenvalue weighted by Crippen LogP contribution is 2.36. The zero-order valence-corrected chi connectivity index (χ0v) is 40.1. The summed E-state index contributed by atoms with van der Waals surface area (Å²) in [4.78, 5) is 10.7. The number of hydrogen-bond donors (Lipinski definition) is 1. The maximum Gasteiger partial charge on any atom is 0.416 e. The number of ether oxygens (including phenoxy) is 5. The first-order valence-corrected chi connectivity index (χ1v) is 24.0. The zero-order valence-electron chi connectivity index (χ0n) is 36.2. The lowest BCUT2D eigenvalue weighted by molar-refractivity contribution is -0.169. The third-order valence-corrected chi connectivity index (χ3v) is 13.5. The molecule has 6 aromatic rings. The summed E-state index contributed by atoms with van der Waals surface area (Å²) in [6.07, 6.45) is -3.50. The van der Waals surface area contributed by atoms with Crippen LogP contribution in [0.5, 0.6) is 11.5 Å². The zero-order chi connectivity index (χ0) is 49.6. The molecule has 0 aliphatic carbocycles. The van der Waals surface area contributed by atoms with Crippen molar-refractivity contribution >= 4 is 57.5 Å². The van der Waals surface area contributed by atoms with Gasteiger partial charge in [0.2, 0.25) is 0 Å². The van der Waals surface area contributed by atoms with Gasteiger partial charge in [-0.15, -0.1) is 34.3 Å². The molecule has 0 amide bonds. The van der Waals surface area contributed by atoms with Crippen LogP contribution in [0.1, 0.15) is 81.9 Å². The molecule has 10 nitrogen and oxygen atoms in total. The van der Waals surface area contributed by atoms with E-state index in [-0.39, 0.29) is 54.1 Å². The lowest BCUT2D eigenvalue weighted by Gasteiger charge is -2.22. The van der Waals surface area contributed by atoms with Crippen LogP contribution in [0.4, 0.5) is 26.3 Å². The van der Waals surface area contributed by atoms with E-state index in [4.69, 9.17) is 74.1 Å². The Hall–Kier alpha value is -4.99. The standard InChI is InChI=1S/C24H20ClF3N2O3S.C17H17ClF3NO2S.C7H4ClNO/c25-19-11-18(9-6-16(19)12-29)32-14-21-20(13-33-22-3-1-2-10-31-22)30-23(34-21)15-4-7-17(8-5-15)24(26,27)28;18-9-14-13(10-24-15-3-1-2-8-23-15)22-16(25-14)11-4-6-12(7-5-11)17(19,20)21;8-7-3-6(10)2-1-5(7)4-9/h4-9,11,22H,1-3,10,13-14H2;4-7,15H,1-3,8-10H2;1-3,10H. The molecule has 0 saturated carbocycles. The molecule has 4 aromatic carbocycles. The highest BCUT2D eigenvalue weighted by Gasteiger charge is 2.31. The molecule has 364 valence electrons. The number of hydrogen-bond acceptors (Lipinski definition) is 12. The average Bonchev–Trinajstić information content (AvgIpc) is 3.97. The minimum absolute atomic E-state index is 0.0731. The van der Waals surface area contributed by atoms with Crippen LogP contribution < -0.4 is 4.74 Å². The first-order chi connectivity index (χ1) is 33.0. The Bertz CT molecular complexity index is 2700. The molecule has 2 atom stereocenters. The molecule has 2 aliphatic rings. The first-order valence-electron chi connectivity index (χ1n) is 21.1. The smallest absolute Gasteiger partial charge is 0.416 e. The molecule has 2 aromatic heterocycles. The molecule has 4 heterocycles. The summed E-state index contributed by atoms with van der Waals surface area (Å²) in [5.74, 6) is 0.836. The van der Waals surface area contributed by atoms with Crippen LogP contribution in [0.15, 0.2) is 84.9 Å². The predicted molar refractivity (Wildman–Crippen MR) is 250 cm³/mol. The molecule has 1 N–H and O–H groups in total. The van der Waals surface area contributed by atoms with E-state index in [0.717, 1.165) is 72.5 Å². The van der Waals surface area contributed by atoms with Crippen LogP contribution in [0.3, 0.4) is 0 Å². The van der Waals surface area contributed by atoms with Gasteiger partial charge in [-0.05, 0) is 93.1 Å². The summed E-state index contributed by atoms with van der Waals surface area (Å²) >= 11 is 20.3. The minimum atomic E-state index is -4.40. The minimum Gasteiger partial charge on any atom is -0.508 e. The summed E-state index contributed by atoms with van der Waals surface area (Å²) in [6, 6.07) is 22.7. The van der Waals surface area contributed by atoms with Gasteiger partial charge in [0.25, 0.3) is 0 Å². The number of benzene rings is 4. The number of phenolic OH excluding ortho intramolecular Hbond substituents is 1. The van der Waals surface area contributed by atoms with Crippen molar-refractivity contribution in [3.63, 3.8) is 0 Å². The Balaban J connectivity index is 0.000000195. The fraction of sp³-hybridized carbons (Fsp3) is 0.333. The van der Waals surface area contributed by atoms with Crippen molar-refractivity contribution in [2.45, 2.75) is 89.2 Å². The second kappa shape index (κ2) is 25.2. The van der Waals surface area contributed by atoms with E-state index < -0.39 is 23.5 Å². The van der Waals surface area contributed by atoms with E-state index >= 15 is 0 Å². The maximum atomic E-state index is 12.9. The number of thiazole rings is 2. The Labute approximate surface area is 416 Å². The summed E-state index contributed by atoms with van der Waals surface area (Å²) in [6.45, 7) is 1.97. The van der Waals surface area contributed by atoms with E-state index in [1.54, 1.807) is 18.2 Å². The maximum absolute atomic E-state index is 12.9. The third-order valence-electron chi connectivity index (χ3n) is 10.2. The number of aromatic nitrogens is 2. The van der Waals surface area contributed by atoms with Gasteiger partial charge in [-0.2, -0.15) is 36.9 Å². The van der Waals surface area contributed by atoms with Gasteiger partial charge in [-0.25, -0.2) is 9.97 Å². The van der Waals surface area contributed by atoms with E-state index in [1.807, 2.05) is 12.1 Å². The SMILES string of the molecule is FC(F)(F)c1ccc(-c2nc(COC3CCCCO3)c(CCl)s2)cc1.N#Cc1ccc(O)cc1Cl.N#Cc1ccc(OCc2sc(-c3ccc(C(F)(F)F)cc3)nc2COC2CCCCO2)cc1Cl. The van der Waals surface area contributed by atoms with E-state index in [1.165, 1.54) is 65.1 Å². The molecule has 2 unspecified atom stereocenters. The molecule has 21 heteroatoms. The molecule has 0 radical (unpaired) electrons. The van der Waals surface area contributed by atoms with Crippen LogP contribution in [0.25, 0.3) is 21.1 Å². The molecular weight excluding hydrogens is 1010 g/mol. The van der Waals surface area contributed by atoms with Crippen molar-refractivity contribution in [1.82, 2.24) is 9.97 Å². The first kappa shape index (κ1) is 53.4. The monoisotopic (exact) mass is 1050 g/mol. The summed E-state index contributed by atoms with van der Waals surface area (Å²) in [7, 11) is 0. The number of rotatable bonds is 12. The van der Waals surface area contributed by atoms with Crippen molar-refractivity contribution in [3.8, 4) is 44.8 Å². The molecule has 2 saturated heterocycles. The summed E-state index contributed by atoms with van der Waals surface area (Å²) < 4.78 is 105. The Morgan fingerprint density at radius 3 is 1.52 bits per heavy atom. The Morgan fingerprint density at radius 1 is 0.638 bits per heavy atom. The van der Waals surface area contributed by atoms with Gasteiger partial charge in [0.15, 0.2) is 12.6 Å². The normalized spacial score (nSPS) is 16.0. The third kappa shape index (κ3) is 15.8. The fourth-order valence-corrected chi connectivity index (χ4v) is 9.16. The van der Waals surface area contributed by atoms with Crippen molar-refractivity contribution in [3.05, 3.63) is 138 Å². The van der Waals surface area contributed by atoms with Gasteiger partial charge < -0.3 is 28.8 Å². The Kier molecular flexibility index (Phi) is 19.5. The largest absolute Gasteiger partial charge is 0.508 e. The van der Waals surface area contributed by atoms with Crippen LogP contribution >= 0.6 is 57.5 Å². The van der Waals surface area contributed by atoms with E-state index in [9.17, 15) is 26.3 Å². The second-order valence-electron chi connectivity index (χ2n) is 15.1. The van der Waals surface area contributed by atoms with Crippen LogP contribution in [-0.2, 0) is 57.0 Å². The number of aromatic hydroxyl groups is 1. The number of halogens is 9. The lowest BCUT2D eigenvalue weighted by Crippen LogP contribution is -2.22. The molecule has 69 heavy (non-hydrogen) atoms. The number of nitrogens with zero attached hydrogens (tertiary/aromatic N) is 4. The van der Waals surface area contributed by atoms with E-state index in [0.29, 0.717) is 62.6 Å². The second-order valence-corrected chi connectivity index (χ2v) is 18.3. The number of alkyl halides is 7. The van der Waals surface area contributed by atoms with Crippen LogP contribution in [0.2, 0.25) is 10.0 Å². The van der Waals surface area contributed by atoms with Crippen molar-refractivity contribution in [2.75, 3.05) is 13.2 Å².